The van der Waals surface area contributed by atoms with Gasteiger partial charge in [0.25, 0.3) is 0 Å². The molecule has 0 bridgehead atoms. The molecule has 0 saturated carbocycles. The Morgan fingerprint density at radius 3 is 1.70 bits per heavy atom. The van der Waals surface area contributed by atoms with Crippen LogP contribution in [0.5, 0.6) is 0 Å². The van der Waals surface area contributed by atoms with E-state index in [2.05, 4.69) is 61.5 Å². The summed E-state index contributed by atoms with van der Waals surface area (Å²) >= 11 is 0. The van der Waals surface area contributed by atoms with Crippen LogP contribution in [0.1, 0.15) is 42.9 Å². The minimum atomic E-state index is -0.329. The Morgan fingerprint density at radius 2 is 1.26 bits per heavy atom. The molecule has 0 aromatic heterocycles. The SMILES string of the molecule is CCCCC(/C=C(\C=O)c1ccccc1)(c1ccccc1)c1ccccc1. The van der Waals surface area contributed by atoms with E-state index in [0.29, 0.717) is 0 Å². The molecule has 0 aliphatic rings. The van der Waals surface area contributed by atoms with E-state index in [-0.39, 0.29) is 5.41 Å². The zero-order valence-corrected chi connectivity index (χ0v) is 15.8. The summed E-state index contributed by atoms with van der Waals surface area (Å²) in [7, 11) is 0. The number of unbranched alkanes of at least 4 members (excludes halogenated alkanes) is 1. The maximum atomic E-state index is 12.1. The second kappa shape index (κ2) is 9.14. The molecule has 3 aromatic carbocycles. The molecule has 0 radical (unpaired) electrons. The molecule has 3 aromatic rings. The fourth-order valence-corrected chi connectivity index (χ4v) is 3.70. The van der Waals surface area contributed by atoms with Gasteiger partial charge in [-0.3, -0.25) is 4.79 Å². The van der Waals surface area contributed by atoms with Crippen molar-refractivity contribution in [3.05, 3.63) is 114 Å². The zero-order valence-electron chi connectivity index (χ0n) is 15.8. The van der Waals surface area contributed by atoms with Gasteiger partial charge in [0.1, 0.15) is 6.29 Å². The summed E-state index contributed by atoms with van der Waals surface area (Å²) in [5, 5.41) is 0. The number of allylic oxidation sites excluding steroid dienone is 2. The first-order valence-electron chi connectivity index (χ1n) is 9.64. The van der Waals surface area contributed by atoms with E-state index in [1.165, 1.54) is 11.1 Å². The monoisotopic (exact) mass is 354 g/mol. The molecule has 0 aliphatic heterocycles. The van der Waals surface area contributed by atoms with Gasteiger partial charge in [-0.1, -0.05) is 117 Å². The van der Waals surface area contributed by atoms with Crippen molar-refractivity contribution in [1.82, 2.24) is 0 Å². The van der Waals surface area contributed by atoms with Crippen LogP contribution in [-0.4, -0.2) is 6.29 Å². The molecule has 27 heavy (non-hydrogen) atoms. The van der Waals surface area contributed by atoms with Crippen molar-refractivity contribution in [2.45, 2.75) is 31.6 Å². The molecule has 0 unspecified atom stereocenters. The van der Waals surface area contributed by atoms with Gasteiger partial charge < -0.3 is 0 Å². The van der Waals surface area contributed by atoms with Gasteiger partial charge in [-0.25, -0.2) is 0 Å². The fraction of sp³-hybridized carbons (Fsp3) is 0.192. The van der Waals surface area contributed by atoms with E-state index < -0.39 is 0 Å². The van der Waals surface area contributed by atoms with Gasteiger partial charge in [0, 0.05) is 11.0 Å². The highest BCUT2D eigenvalue weighted by atomic mass is 16.1. The number of hydrogen-bond acceptors (Lipinski definition) is 1. The predicted molar refractivity (Wildman–Crippen MR) is 114 cm³/mol. The third-order valence-corrected chi connectivity index (χ3v) is 5.14. The molecular formula is C26H26O. The van der Waals surface area contributed by atoms with Crippen molar-refractivity contribution >= 4 is 11.9 Å². The summed E-state index contributed by atoms with van der Waals surface area (Å²) < 4.78 is 0. The Morgan fingerprint density at radius 1 is 0.778 bits per heavy atom. The minimum absolute atomic E-state index is 0.329. The lowest BCUT2D eigenvalue weighted by atomic mass is 9.69. The van der Waals surface area contributed by atoms with E-state index in [0.717, 1.165) is 36.7 Å². The van der Waals surface area contributed by atoms with Crippen molar-refractivity contribution in [2.24, 2.45) is 0 Å². The highest BCUT2D eigenvalue weighted by molar-refractivity contribution is 6.07. The summed E-state index contributed by atoms with van der Waals surface area (Å²) in [6, 6.07) is 31.0. The number of aldehydes is 1. The molecule has 0 amide bonds. The highest BCUT2D eigenvalue weighted by Crippen LogP contribution is 2.40. The van der Waals surface area contributed by atoms with Crippen molar-refractivity contribution < 1.29 is 4.79 Å². The molecule has 0 spiro atoms. The van der Waals surface area contributed by atoms with Gasteiger partial charge in [0.2, 0.25) is 0 Å². The lowest BCUT2D eigenvalue weighted by molar-refractivity contribution is -0.103. The number of carbonyl (C=O) groups is 1. The second-order valence-corrected chi connectivity index (χ2v) is 6.89. The second-order valence-electron chi connectivity index (χ2n) is 6.89. The lowest BCUT2D eigenvalue weighted by Gasteiger charge is -2.33. The smallest absolute Gasteiger partial charge is 0.150 e. The largest absolute Gasteiger partial charge is 0.298 e. The van der Waals surface area contributed by atoms with Crippen LogP contribution in [0.25, 0.3) is 5.57 Å². The van der Waals surface area contributed by atoms with Crippen LogP contribution in [0.4, 0.5) is 0 Å². The Hall–Kier alpha value is -2.93. The van der Waals surface area contributed by atoms with E-state index in [1.807, 2.05) is 42.5 Å². The number of carbonyl (C=O) groups excluding carboxylic acids is 1. The Labute approximate surface area is 162 Å². The van der Waals surface area contributed by atoms with Gasteiger partial charge in [-0.15, -0.1) is 0 Å². The number of hydrogen-bond donors (Lipinski definition) is 0. The summed E-state index contributed by atoms with van der Waals surface area (Å²) in [5.41, 5.74) is 3.81. The molecule has 1 heteroatoms. The van der Waals surface area contributed by atoms with Crippen molar-refractivity contribution in [3.8, 4) is 0 Å². The van der Waals surface area contributed by atoms with Gasteiger partial charge in [-0.2, -0.15) is 0 Å². The van der Waals surface area contributed by atoms with Crippen LogP contribution in [0.15, 0.2) is 97.1 Å². The molecule has 3 rings (SSSR count). The summed E-state index contributed by atoms with van der Waals surface area (Å²) in [5.74, 6) is 0. The number of rotatable bonds is 8. The van der Waals surface area contributed by atoms with Gasteiger partial charge in [0.15, 0.2) is 0 Å². The molecule has 0 aliphatic carbocycles. The first-order valence-corrected chi connectivity index (χ1v) is 9.64. The average molecular weight is 354 g/mol. The molecule has 0 atom stereocenters. The normalized spacial score (nSPS) is 12.0. The van der Waals surface area contributed by atoms with E-state index in [9.17, 15) is 4.79 Å². The first-order chi connectivity index (χ1) is 13.3. The lowest BCUT2D eigenvalue weighted by Crippen LogP contribution is -2.26. The highest BCUT2D eigenvalue weighted by Gasteiger charge is 2.32. The fourth-order valence-electron chi connectivity index (χ4n) is 3.70. The zero-order chi connectivity index (χ0) is 19.0. The molecule has 1 nitrogen and oxygen atoms in total. The van der Waals surface area contributed by atoms with Crippen molar-refractivity contribution in [2.75, 3.05) is 0 Å². The summed E-state index contributed by atoms with van der Waals surface area (Å²) in [6.07, 6.45) is 6.32. The maximum Gasteiger partial charge on any atom is 0.150 e. The molecule has 0 fully saturated rings. The van der Waals surface area contributed by atoms with Crippen LogP contribution in [0, 0.1) is 0 Å². The van der Waals surface area contributed by atoms with Gasteiger partial charge >= 0.3 is 0 Å². The topological polar surface area (TPSA) is 17.1 Å². The summed E-state index contributed by atoms with van der Waals surface area (Å²) in [4.78, 5) is 12.1. The van der Waals surface area contributed by atoms with Gasteiger partial charge in [0.05, 0.1) is 0 Å². The third-order valence-electron chi connectivity index (χ3n) is 5.14. The van der Waals surface area contributed by atoms with E-state index >= 15 is 0 Å². The van der Waals surface area contributed by atoms with Crippen LogP contribution in [0.3, 0.4) is 0 Å². The first kappa shape index (κ1) is 18.8. The molecule has 0 saturated heterocycles. The van der Waals surface area contributed by atoms with Crippen LogP contribution in [-0.2, 0) is 10.2 Å². The average Bonchev–Trinajstić information content (AvgIpc) is 2.76. The molecule has 136 valence electrons. The predicted octanol–water partition coefficient (Wildman–Crippen LogP) is 6.45. The van der Waals surface area contributed by atoms with Crippen LogP contribution < -0.4 is 0 Å². The van der Waals surface area contributed by atoms with E-state index in [1.54, 1.807) is 0 Å². The van der Waals surface area contributed by atoms with Crippen molar-refractivity contribution in [3.63, 3.8) is 0 Å². The Kier molecular flexibility index (Phi) is 6.38. The maximum absolute atomic E-state index is 12.1. The minimum Gasteiger partial charge on any atom is -0.298 e. The standard InChI is InChI=1S/C26H26O/c1-2-3-19-26(24-15-9-5-10-16-24,25-17-11-6-12-18-25)20-23(21-27)22-13-7-4-8-14-22/h4-18,20-21H,2-3,19H2,1H3/b23-20+. The molecule has 0 heterocycles. The van der Waals surface area contributed by atoms with Crippen LogP contribution >= 0.6 is 0 Å². The third kappa shape index (κ3) is 4.25. The quantitative estimate of drug-likeness (QED) is 0.336. The van der Waals surface area contributed by atoms with Gasteiger partial charge in [-0.05, 0) is 23.1 Å². The number of benzene rings is 3. The van der Waals surface area contributed by atoms with Crippen LogP contribution in [0.2, 0.25) is 0 Å². The van der Waals surface area contributed by atoms with E-state index in [4.69, 9.17) is 0 Å². The van der Waals surface area contributed by atoms with Crippen molar-refractivity contribution in [1.29, 1.82) is 0 Å². The summed E-state index contributed by atoms with van der Waals surface area (Å²) in [6.45, 7) is 2.21. The Bertz CT molecular complexity index is 824. The molecule has 0 N–H and O–H groups in total. The molecular weight excluding hydrogens is 328 g/mol. The Balaban J connectivity index is 2.25.